The van der Waals surface area contributed by atoms with Crippen LogP contribution < -0.4 is 4.74 Å². The van der Waals surface area contributed by atoms with Crippen LogP contribution in [0.4, 0.5) is 4.39 Å². The summed E-state index contributed by atoms with van der Waals surface area (Å²) in [7, 11) is 1.47. The molecule has 0 radical (unpaired) electrons. The molecule has 0 fully saturated rings. The van der Waals surface area contributed by atoms with Gasteiger partial charge < -0.3 is 4.74 Å². The maximum absolute atomic E-state index is 13.4. The Morgan fingerprint density at radius 1 is 1.50 bits per heavy atom. The smallest absolute Gasteiger partial charge is 0.169 e. The van der Waals surface area contributed by atoms with E-state index in [1.54, 1.807) is 18.2 Å². The van der Waals surface area contributed by atoms with Gasteiger partial charge in [0.15, 0.2) is 11.6 Å². The molecule has 12 heavy (non-hydrogen) atoms. The zero-order valence-corrected chi connectivity index (χ0v) is 9.13. The van der Waals surface area contributed by atoms with Crippen molar-refractivity contribution in [1.82, 2.24) is 0 Å². The van der Waals surface area contributed by atoms with E-state index in [9.17, 15) is 4.39 Å². The molecule has 1 rings (SSSR count). The highest BCUT2D eigenvalue weighted by Gasteiger charge is 2.11. The molecule has 0 bridgehead atoms. The van der Waals surface area contributed by atoms with Crippen LogP contribution >= 0.6 is 22.6 Å². The molecule has 1 nitrogen and oxygen atoms in total. The Kier molecular flexibility index (Phi) is 3.31. The first kappa shape index (κ1) is 9.77. The average Bonchev–Trinajstić information content (AvgIpc) is 2.04. The van der Waals surface area contributed by atoms with Crippen molar-refractivity contribution in [2.24, 2.45) is 0 Å². The number of ether oxygens (including phenoxy) is 1. The maximum atomic E-state index is 13.4. The molecular formula is C9H10FIO. The van der Waals surface area contributed by atoms with Crippen molar-refractivity contribution in [2.75, 3.05) is 7.11 Å². The lowest BCUT2D eigenvalue weighted by Gasteiger charge is -2.08. The van der Waals surface area contributed by atoms with Gasteiger partial charge in [0.25, 0.3) is 0 Å². The minimum Gasteiger partial charge on any atom is -0.494 e. The second-order valence-corrected chi connectivity index (χ2v) is 4.35. The topological polar surface area (TPSA) is 9.23 Å². The Morgan fingerprint density at radius 2 is 2.17 bits per heavy atom. The molecule has 1 aromatic rings. The fourth-order valence-corrected chi connectivity index (χ4v) is 1.47. The van der Waals surface area contributed by atoms with E-state index in [-0.39, 0.29) is 9.74 Å². The van der Waals surface area contributed by atoms with Crippen LogP contribution in [0.3, 0.4) is 0 Å². The van der Waals surface area contributed by atoms with Crippen LogP contribution in [0.15, 0.2) is 18.2 Å². The Balaban J connectivity index is 3.14. The molecule has 0 aliphatic carbocycles. The van der Waals surface area contributed by atoms with Gasteiger partial charge >= 0.3 is 0 Å². The number of hydrogen-bond donors (Lipinski definition) is 0. The molecular weight excluding hydrogens is 270 g/mol. The first-order valence-electron chi connectivity index (χ1n) is 3.63. The van der Waals surface area contributed by atoms with Gasteiger partial charge in [-0.05, 0) is 13.0 Å². The summed E-state index contributed by atoms with van der Waals surface area (Å²) in [5, 5.41) is 0. The second kappa shape index (κ2) is 4.07. The quantitative estimate of drug-likeness (QED) is 0.596. The van der Waals surface area contributed by atoms with Crippen LogP contribution in [0.2, 0.25) is 0 Å². The molecule has 0 spiro atoms. The van der Waals surface area contributed by atoms with Crippen molar-refractivity contribution in [3.05, 3.63) is 29.6 Å². The van der Waals surface area contributed by atoms with Gasteiger partial charge in [0.2, 0.25) is 0 Å². The number of rotatable bonds is 2. The SMILES string of the molecule is COc1cccc([C@@H](C)I)c1F. The van der Waals surface area contributed by atoms with Crippen molar-refractivity contribution in [3.63, 3.8) is 0 Å². The third-order valence-corrected chi connectivity index (χ3v) is 2.31. The van der Waals surface area contributed by atoms with Gasteiger partial charge in [0.1, 0.15) is 0 Å². The predicted octanol–water partition coefficient (Wildman–Crippen LogP) is 3.33. The van der Waals surface area contributed by atoms with E-state index >= 15 is 0 Å². The van der Waals surface area contributed by atoms with Crippen LogP contribution in [0.5, 0.6) is 5.75 Å². The van der Waals surface area contributed by atoms with Gasteiger partial charge in [-0.15, -0.1) is 0 Å². The molecule has 0 N–H and O–H groups in total. The third-order valence-electron chi connectivity index (χ3n) is 1.64. The van der Waals surface area contributed by atoms with E-state index in [0.717, 1.165) is 0 Å². The van der Waals surface area contributed by atoms with Crippen LogP contribution in [0.1, 0.15) is 16.4 Å². The minimum atomic E-state index is -0.248. The highest BCUT2D eigenvalue weighted by Crippen LogP contribution is 2.29. The van der Waals surface area contributed by atoms with E-state index in [1.165, 1.54) is 7.11 Å². The van der Waals surface area contributed by atoms with E-state index in [0.29, 0.717) is 11.3 Å². The van der Waals surface area contributed by atoms with E-state index < -0.39 is 0 Å². The number of hydrogen-bond acceptors (Lipinski definition) is 1. The monoisotopic (exact) mass is 280 g/mol. The molecule has 0 aliphatic heterocycles. The van der Waals surface area contributed by atoms with Crippen LogP contribution in [0.25, 0.3) is 0 Å². The zero-order valence-electron chi connectivity index (χ0n) is 6.97. The van der Waals surface area contributed by atoms with Gasteiger partial charge in [-0.25, -0.2) is 4.39 Å². The van der Waals surface area contributed by atoms with Gasteiger partial charge in [-0.3, -0.25) is 0 Å². The summed E-state index contributed by atoms with van der Waals surface area (Å²) in [5.41, 5.74) is 0.690. The zero-order chi connectivity index (χ0) is 9.14. The van der Waals surface area contributed by atoms with Crippen molar-refractivity contribution in [1.29, 1.82) is 0 Å². The summed E-state index contributed by atoms with van der Waals surface area (Å²) < 4.78 is 18.4. The summed E-state index contributed by atoms with van der Waals surface area (Å²) in [6.07, 6.45) is 0. The van der Waals surface area contributed by atoms with E-state index in [2.05, 4.69) is 22.6 Å². The standard InChI is InChI=1S/C9H10FIO/c1-6(11)7-4-3-5-8(12-2)9(7)10/h3-6H,1-2H3/t6-/m1/s1. The van der Waals surface area contributed by atoms with Crippen LogP contribution in [-0.2, 0) is 0 Å². The summed E-state index contributed by atoms with van der Waals surface area (Å²) in [6.45, 7) is 1.94. The molecule has 3 heteroatoms. The molecule has 1 atom stereocenters. The average molecular weight is 280 g/mol. The molecule has 0 aliphatic rings. The second-order valence-electron chi connectivity index (χ2n) is 2.48. The molecule has 0 aromatic heterocycles. The largest absolute Gasteiger partial charge is 0.494 e. The molecule has 1 aromatic carbocycles. The van der Waals surface area contributed by atoms with Gasteiger partial charge in [0, 0.05) is 9.49 Å². The third kappa shape index (κ3) is 1.88. The molecule has 0 heterocycles. The first-order chi connectivity index (χ1) is 5.66. The van der Waals surface area contributed by atoms with E-state index in [4.69, 9.17) is 4.74 Å². The van der Waals surface area contributed by atoms with Crippen LogP contribution in [-0.4, -0.2) is 7.11 Å². The van der Waals surface area contributed by atoms with Gasteiger partial charge in [-0.2, -0.15) is 0 Å². The molecule has 66 valence electrons. The Bertz CT molecular complexity index is 273. The maximum Gasteiger partial charge on any atom is 0.169 e. The molecule has 0 amide bonds. The lowest BCUT2D eigenvalue weighted by molar-refractivity contribution is 0.384. The van der Waals surface area contributed by atoms with Gasteiger partial charge in [-0.1, -0.05) is 34.7 Å². The highest BCUT2D eigenvalue weighted by molar-refractivity contribution is 14.1. The Morgan fingerprint density at radius 3 is 2.67 bits per heavy atom. The number of methoxy groups -OCH3 is 1. The Labute approximate surface area is 85.1 Å². The van der Waals surface area contributed by atoms with Crippen molar-refractivity contribution >= 4 is 22.6 Å². The fraction of sp³-hybridized carbons (Fsp3) is 0.333. The first-order valence-corrected chi connectivity index (χ1v) is 4.88. The van der Waals surface area contributed by atoms with Crippen molar-refractivity contribution in [3.8, 4) is 5.75 Å². The van der Waals surface area contributed by atoms with Gasteiger partial charge in [0.05, 0.1) is 7.11 Å². The normalized spacial score (nSPS) is 12.7. The molecule has 0 unspecified atom stereocenters. The summed E-state index contributed by atoms with van der Waals surface area (Å²) in [5.74, 6) is 0.0675. The predicted molar refractivity (Wildman–Crippen MR) is 55.4 cm³/mol. The van der Waals surface area contributed by atoms with Crippen LogP contribution in [0, 0.1) is 5.82 Å². The lowest BCUT2D eigenvalue weighted by Crippen LogP contribution is -1.94. The Hall–Kier alpha value is -0.320. The highest BCUT2D eigenvalue weighted by atomic mass is 127. The number of halogens is 2. The summed E-state index contributed by atoms with van der Waals surface area (Å²) >= 11 is 2.17. The number of benzene rings is 1. The summed E-state index contributed by atoms with van der Waals surface area (Å²) in [6, 6.07) is 5.19. The lowest BCUT2D eigenvalue weighted by atomic mass is 10.1. The van der Waals surface area contributed by atoms with Crippen molar-refractivity contribution < 1.29 is 9.13 Å². The van der Waals surface area contributed by atoms with Crippen molar-refractivity contribution in [2.45, 2.75) is 10.8 Å². The fourth-order valence-electron chi connectivity index (χ4n) is 0.993. The molecule has 0 saturated heterocycles. The van der Waals surface area contributed by atoms with E-state index in [1.807, 2.05) is 6.92 Å². The minimum absolute atomic E-state index is 0.165. The number of alkyl halides is 1. The molecule has 0 saturated carbocycles. The summed E-state index contributed by atoms with van der Waals surface area (Å²) in [4.78, 5) is 0.